The van der Waals surface area contributed by atoms with Crippen molar-refractivity contribution in [2.24, 2.45) is 0 Å². The molecule has 0 aliphatic carbocycles. The molecule has 0 aliphatic heterocycles. The van der Waals surface area contributed by atoms with Crippen molar-refractivity contribution in [2.75, 3.05) is 0 Å². The molecule has 0 fully saturated rings. The van der Waals surface area contributed by atoms with Gasteiger partial charge in [-0.1, -0.05) is 0 Å². The van der Waals surface area contributed by atoms with E-state index in [0.29, 0.717) is 0 Å². The standard InChI is InChI=1S/2K.H3O3P.2H/c;;1-4(2)3;;/h;;1-3H;;. The first-order valence-electron chi connectivity index (χ1n) is 0.600. The molecule has 0 radical (unpaired) electrons. The molecule has 0 bridgehead atoms. The van der Waals surface area contributed by atoms with E-state index in [1.165, 1.54) is 0 Å². The van der Waals surface area contributed by atoms with Crippen molar-refractivity contribution in [3.8, 4) is 0 Å². The molecule has 0 aromatic heterocycles. The van der Waals surface area contributed by atoms with Crippen molar-refractivity contribution in [1.29, 1.82) is 0 Å². The van der Waals surface area contributed by atoms with Gasteiger partial charge in [0.25, 0.3) is 0 Å². The fourth-order valence-corrected chi connectivity index (χ4v) is 0. The van der Waals surface area contributed by atoms with Crippen molar-refractivity contribution in [3.05, 3.63) is 0 Å². The molecule has 30 valence electrons. The van der Waals surface area contributed by atoms with Crippen LogP contribution in [0.1, 0.15) is 0 Å². The Morgan fingerprint density at radius 1 is 0.833 bits per heavy atom. The quantitative estimate of drug-likeness (QED) is 0.282. The Labute approximate surface area is 122 Å². The molecule has 0 aromatic carbocycles. The molecule has 0 amide bonds. The van der Waals surface area contributed by atoms with Crippen molar-refractivity contribution in [2.45, 2.75) is 0 Å². The third kappa shape index (κ3) is 25.6. The Balaban J connectivity index is -0.0000000450. The van der Waals surface area contributed by atoms with Gasteiger partial charge in [0.15, 0.2) is 0 Å². The Kier molecular flexibility index (Phi) is 30.9. The Morgan fingerprint density at radius 2 is 0.833 bits per heavy atom. The molecule has 0 spiro atoms. The molecule has 6 heavy (non-hydrogen) atoms. The maximum absolute atomic E-state index is 7.23. The van der Waals surface area contributed by atoms with Crippen LogP contribution in [0.5, 0.6) is 0 Å². The van der Waals surface area contributed by atoms with Crippen LogP contribution in [-0.4, -0.2) is 117 Å². The minimum absolute atomic E-state index is 0. The first-order valence-corrected chi connectivity index (χ1v) is 1.80. The molecular formula is H5K2O3P. The van der Waals surface area contributed by atoms with Gasteiger partial charge in [0.1, 0.15) is 0 Å². The van der Waals surface area contributed by atoms with Crippen LogP contribution < -0.4 is 0 Å². The van der Waals surface area contributed by atoms with Crippen LogP contribution in [0.4, 0.5) is 0 Å². The van der Waals surface area contributed by atoms with E-state index >= 15 is 0 Å². The first-order chi connectivity index (χ1) is 1.73. The fourth-order valence-electron chi connectivity index (χ4n) is 0. The van der Waals surface area contributed by atoms with Crippen LogP contribution in [0.3, 0.4) is 0 Å². The van der Waals surface area contributed by atoms with Crippen LogP contribution in [-0.2, 0) is 0 Å². The SMILES string of the molecule is OP(O)O.[KH].[KH]. The number of hydrogen-bond acceptors (Lipinski definition) is 3. The topological polar surface area (TPSA) is 60.7 Å². The monoisotopic (exact) mass is 162 g/mol. The first kappa shape index (κ1) is 16.3. The van der Waals surface area contributed by atoms with Gasteiger partial charge in [0.05, 0.1) is 0 Å². The van der Waals surface area contributed by atoms with E-state index in [-0.39, 0.29) is 103 Å². The van der Waals surface area contributed by atoms with Crippen LogP contribution in [0.2, 0.25) is 0 Å². The Morgan fingerprint density at radius 3 is 0.833 bits per heavy atom. The second kappa shape index (κ2) is 11.4. The van der Waals surface area contributed by atoms with Crippen LogP contribution >= 0.6 is 8.60 Å². The minimum atomic E-state index is -2.62. The second-order valence-electron chi connectivity index (χ2n) is 0.268. The van der Waals surface area contributed by atoms with Gasteiger partial charge in [0, 0.05) is 0 Å². The van der Waals surface area contributed by atoms with Gasteiger partial charge in [0.2, 0.25) is 0 Å². The number of hydrogen-bond donors (Lipinski definition) is 3. The van der Waals surface area contributed by atoms with E-state index in [0.717, 1.165) is 0 Å². The van der Waals surface area contributed by atoms with E-state index in [1.807, 2.05) is 0 Å². The summed E-state index contributed by atoms with van der Waals surface area (Å²) in [6.07, 6.45) is 0. The summed E-state index contributed by atoms with van der Waals surface area (Å²) in [5.41, 5.74) is 0. The van der Waals surface area contributed by atoms with Gasteiger partial charge >= 0.3 is 111 Å². The maximum atomic E-state index is 7.23. The summed E-state index contributed by atoms with van der Waals surface area (Å²) < 4.78 is 0. The van der Waals surface area contributed by atoms with Crippen molar-refractivity contribution in [1.82, 2.24) is 0 Å². The summed E-state index contributed by atoms with van der Waals surface area (Å²) in [7, 11) is -2.62. The van der Waals surface area contributed by atoms with E-state index in [9.17, 15) is 0 Å². The fraction of sp³-hybridized carbons (Fsp3) is 0. The molecule has 0 atom stereocenters. The predicted octanol–water partition coefficient (Wildman–Crippen LogP) is -2.11. The van der Waals surface area contributed by atoms with Crippen molar-refractivity contribution in [3.63, 3.8) is 0 Å². The molecule has 0 aliphatic rings. The molecule has 3 nitrogen and oxygen atoms in total. The average Bonchev–Trinajstić information content (AvgIpc) is 0.811. The Hall–Kier alpha value is 3.58. The summed E-state index contributed by atoms with van der Waals surface area (Å²) in [6, 6.07) is 0. The van der Waals surface area contributed by atoms with Gasteiger partial charge in [-0.15, -0.1) is 0 Å². The molecule has 0 heterocycles. The second-order valence-corrected chi connectivity index (χ2v) is 0.805. The van der Waals surface area contributed by atoms with Crippen LogP contribution in [0.15, 0.2) is 0 Å². The van der Waals surface area contributed by atoms with E-state index < -0.39 is 8.60 Å². The van der Waals surface area contributed by atoms with Crippen molar-refractivity contribution < 1.29 is 14.7 Å². The van der Waals surface area contributed by atoms with Crippen molar-refractivity contribution >= 4 is 111 Å². The zero-order chi connectivity index (χ0) is 3.58. The summed E-state index contributed by atoms with van der Waals surface area (Å²) in [6.45, 7) is 0. The molecule has 0 saturated carbocycles. The molecular weight excluding hydrogens is 157 g/mol. The Bertz CT molecular complexity index is 13.5. The molecule has 6 heteroatoms. The molecule has 3 N–H and O–H groups in total. The molecule has 0 unspecified atom stereocenters. The van der Waals surface area contributed by atoms with E-state index in [1.54, 1.807) is 0 Å². The van der Waals surface area contributed by atoms with Crippen LogP contribution in [0.25, 0.3) is 0 Å². The predicted molar refractivity (Wildman–Crippen MR) is 27.9 cm³/mol. The normalized spacial score (nSPS) is 6.00. The van der Waals surface area contributed by atoms with Gasteiger partial charge in [-0.3, -0.25) is 0 Å². The third-order valence-electron chi connectivity index (χ3n) is 0. The van der Waals surface area contributed by atoms with E-state index in [4.69, 9.17) is 14.7 Å². The summed E-state index contributed by atoms with van der Waals surface area (Å²) >= 11 is 0. The summed E-state index contributed by atoms with van der Waals surface area (Å²) in [4.78, 5) is 21.7. The van der Waals surface area contributed by atoms with Gasteiger partial charge in [-0.05, 0) is 0 Å². The zero-order valence-corrected chi connectivity index (χ0v) is 2.68. The number of rotatable bonds is 0. The molecule has 0 aromatic rings. The summed E-state index contributed by atoms with van der Waals surface area (Å²) in [5.74, 6) is 0. The average molecular weight is 162 g/mol. The van der Waals surface area contributed by atoms with Gasteiger partial charge < -0.3 is 14.7 Å². The molecule has 0 rings (SSSR count). The molecule has 0 saturated heterocycles. The third-order valence-corrected chi connectivity index (χ3v) is 0. The van der Waals surface area contributed by atoms with Gasteiger partial charge in [-0.2, -0.15) is 0 Å². The van der Waals surface area contributed by atoms with Crippen LogP contribution in [0, 0.1) is 0 Å². The van der Waals surface area contributed by atoms with Gasteiger partial charge in [-0.25, -0.2) is 0 Å². The van der Waals surface area contributed by atoms with E-state index in [2.05, 4.69) is 0 Å². The zero-order valence-electron chi connectivity index (χ0n) is 1.79. The summed E-state index contributed by atoms with van der Waals surface area (Å²) in [5, 5.41) is 0.